The lowest BCUT2D eigenvalue weighted by molar-refractivity contribution is 0.184. The molecule has 150 valence electrons. The van der Waals surface area contributed by atoms with Gasteiger partial charge in [-0.2, -0.15) is 0 Å². The van der Waals surface area contributed by atoms with Gasteiger partial charge in [-0.3, -0.25) is 0 Å². The number of carbonyl (C=O) groups is 1. The molecule has 2 aliphatic rings. The fourth-order valence-electron chi connectivity index (χ4n) is 4.88. The van der Waals surface area contributed by atoms with Gasteiger partial charge in [0.15, 0.2) is 0 Å². The van der Waals surface area contributed by atoms with E-state index in [1.807, 2.05) is 0 Å². The van der Waals surface area contributed by atoms with Gasteiger partial charge >= 0.3 is 6.03 Å². The van der Waals surface area contributed by atoms with E-state index in [2.05, 4.69) is 58.2 Å². The molecule has 5 nitrogen and oxygen atoms in total. The smallest absolute Gasteiger partial charge is 0.317 e. The predicted molar refractivity (Wildman–Crippen MR) is 111 cm³/mol. The first-order valence-corrected chi connectivity index (χ1v) is 10.9. The number of aryl methyl sites for hydroxylation is 2. The minimum Gasteiger partial charge on any atom is -0.338 e. The van der Waals surface area contributed by atoms with Crippen LogP contribution in [0.1, 0.15) is 62.0 Å². The van der Waals surface area contributed by atoms with Crippen LogP contribution in [0, 0.1) is 0 Å². The molecular formula is C23H32N4O. The van der Waals surface area contributed by atoms with Gasteiger partial charge in [0.1, 0.15) is 5.82 Å². The minimum absolute atomic E-state index is 0.0841. The SMILES string of the molecule is CCC(c1ccccc1)C1CCCN1C(=O)NCCc1cn2c(n1)CCCC2. The van der Waals surface area contributed by atoms with Gasteiger partial charge in [0.25, 0.3) is 0 Å². The molecule has 2 amide bonds. The normalized spacial score (nSPS) is 20.0. The Morgan fingerprint density at radius 2 is 2.07 bits per heavy atom. The molecule has 1 fully saturated rings. The zero-order valence-electron chi connectivity index (χ0n) is 16.9. The van der Waals surface area contributed by atoms with E-state index >= 15 is 0 Å². The molecule has 3 heterocycles. The van der Waals surface area contributed by atoms with Gasteiger partial charge in [0.2, 0.25) is 0 Å². The highest BCUT2D eigenvalue weighted by Gasteiger charge is 2.34. The molecule has 0 radical (unpaired) electrons. The Morgan fingerprint density at radius 1 is 1.21 bits per heavy atom. The Balaban J connectivity index is 1.34. The van der Waals surface area contributed by atoms with E-state index in [9.17, 15) is 4.79 Å². The molecular weight excluding hydrogens is 348 g/mol. The van der Waals surface area contributed by atoms with Crippen LogP contribution >= 0.6 is 0 Å². The first-order valence-electron chi connectivity index (χ1n) is 10.9. The van der Waals surface area contributed by atoms with Gasteiger partial charge in [-0.25, -0.2) is 9.78 Å². The molecule has 4 rings (SSSR count). The molecule has 1 aromatic carbocycles. The van der Waals surface area contributed by atoms with Crippen molar-refractivity contribution < 1.29 is 4.79 Å². The number of fused-ring (bicyclic) bond motifs is 1. The van der Waals surface area contributed by atoms with E-state index in [0.29, 0.717) is 18.5 Å². The zero-order chi connectivity index (χ0) is 19.3. The maximum atomic E-state index is 12.9. The average molecular weight is 381 g/mol. The molecule has 2 unspecified atom stereocenters. The van der Waals surface area contributed by atoms with Crippen LogP contribution in [-0.2, 0) is 19.4 Å². The van der Waals surface area contributed by atoms with Crippen molar-refractivity contribution in [1.29, 1.82) is 0 Å². The number of likely N-dealkylation sites (tertiary alicyclic amines) is 1. The summed E-state index contributed by atoms with van der Waals surface area (Å²) in [5.74, 6) is 1.62. The highest BCUT2D eigenvalue weighted by molar-refractivity contribution is 5.75. The molecule has 2 aromatic rings. The van der Waals surface area contributed by atoms with Crippen LogP contribution in [0.5, 0.6) is 0 Å². The van der Waals surface area contributed by atoms with E-state index in [4.69, 9.17) is 4.98 Å². The summed E-state index contributed by atoms with van der Waals surface area (Å²) in [6, 6.07) is 11.0. The maximum Gasteiger partial charge on any atom is 0.317 e. The molecule has 5 heteroatoms. The number of imidazole rings is 1. The third kappa shape index (κ3) is 4.08. The van der Waals surface area contributed by atoms with Crippen molar-refractivity contribution in [3.05, 3.63) is 53.6 Å². The second-order valence-corrected chi connectivity index (χ2v) is 8.11. The van der Waals surface area contributed by atoms with E-state index in [0.717, 1.165) is 50.9 Å². The number of hydrogen-bond donors (Lipinski definition) is 1. The first-order chi connectivity index (χ1) is 13.8. The Hall–Kier alpha value is -2.30. The summed E-state index contributed by atoms with van der Waals surface area (Å²) < 4.78 is 2.28. The second kappa shape index (κ2) is 8.80. The Labute approximate surface area is 168 Å². The fraction of sp³-hybridized carbons (Fsp3) is 0.565. The molecule has 1 saturated heterocycles. The van der Waals surface area contributed by atoms with Crippen molar-refractivity contribution in [3.8, 4) is 0 Å². The molecule has 1 N–H and O–H groups in total. The lowest BCUT2D eigenvalue weighted by atomic mass is 9.88. The van der Waals surface area contributed by atoms with Crippen molar-refractivity contribution in [2.45, 2.75) is 70.4 Å². The Bertz CT molecular complexity index is 762. The van der Waals surface area contributed by atoms with Crippen LogP contribution in [0.4, 0.5) is 4.79 Å². The van der Waals surface area contributed by atoms with Gasteiger partial charge in [0, 0.05) is 50.6 Å². The highest BCUT2D eigenvalue weighted by Crippen LogP contribution is 2.33. The van der Waals surface area contributed by atoms with Crippen LogP contribution in [-0.4, -0.2) is 39.6 Å². The lowest BCUT2D eigenvalue weighted by Gasteiger charge is -2.31. The molecule has 2 atom stereocenters. The summed E-state index contributed by atoms with van der Waals surface area (Å²) in [5, 5.41) is 3.15. The lowest BCUT2D eigenvalue weighted by Crippen LogP contribution is -2.45. The van der Waals surface area contributed by atoms with Crippen molar-refractivity contribution >= 4 is 6.03 Å². The number of rotatable bonds is 6. The van der Waals surface area contributed by atoms with Gasteiger partial charge in [-0.05, 0) is 37.7 Å². The van der Waals surface area contributed by atoms with E-state index in [-0.39, 0.29) is 6.03 Å². The second-order valence-electron chi connectivity index (χ2n) is 8.11. The van der Waals surface area contributed by atoms with Crippen LogP contribution in [0.25, 0.3) is 0 Å². The summed E-state index contributed by atoms with van der Waals surface area (Å²) in [7, 11) is 0. The highest BCUT2D eigenvalue weighted by atomic mass is 16.2. The Kier molecular flexibility index (Phi) is 5.98. The van der Waals surface area contributed by atoms with Crippen molar-refractivity contribution in [2.75, 3.05) is 13.1 Å². The minimum atomic E-state index is 0.0841. The number of hydrogen-bond acceptors (Lipinski definition) is 2. The molecule has 0 bridgehead atoms. The summed E-state index contributed by atoms with van der Waals surface area (Å²) >= 11 is 0. The molecule has 2 aliphatic heterocycles. The van der Waals surface area contributed by atoms with Gasteiger partial charge in [-0.1, -0.05) is 37.3 Å². The third-order valence-electron chi connectivity index (χ3n) is 6.31. The number of carbonyl (C=O) groups excluding carboxylic acids is 1. The van der Waals surface area contributed by atoms with Crippen LogP contribution in [0.2, 0.25) is 0 Å². The maximum absolute atomic E-state index is 12.9. The number of urea groups is 1. The largest absolute Gasteiger partial charge is 0.338 e. The summed E-state index contributed by atoms with van der Waals surface area (Å²) in [6.07, 6.45) is 9.78. The molecule has 28 heavy (non-hydrogen) atoms. The first kappa shape index (κ1) is 19.0. The van der Waals surface area contributed by atoms with Gasteiger partial charge in [-0.15, -0.1) is 0 Å². The van der Waals surface area contributed by atoms with Gasteiger partial charge < -0.3 is 14.8 Å². The number of amides is 2. The summed E-state index contributed by atoms with van der Waals surface area (Å²) in [5.41, 5.74) is 2.45. The summed E-state index contributed by atoms with van der Waals surface area (Å²) in [6.45, 7) is 4.83. The third-order valence-corrected chi connectivity index (χ3v) is 6.31. The fourth-order valence-corrected chi connectivity index (χ4v) is 4.88. The zero-order valence-corrected chi connectivity index (χ0v) is 16.9. The molecule has 0 saturated carbocycles. The van der Waals surface area contributed by atoms with Crippen molar-refractivity contribution in [2.24, 2.45) is 0 Å². The van der Waals surface area contributed by atoms with E-state index < -0.39 is 0 Å². The monoisotopic (exact) mass is 380 g/mol. The number of nitrogens with zero attached hydrogens (tertiary/aromatic N) is 3. The van der Waals surface area contributed by atoms with Crippen molar-refractivity contribution in [3.63, 3.8) is 0 Å². The van der Waals surface area contributed by atoms with E-state index in [1.54, 1.807) is 0 Å². The molecule has 1 aromatic heterocycles. The van der Waals surface area contributed by atoms with Crippen LogP contribution in [0.15, 0.2) is 36.5 Å². The topological polar surface area (TPSA) is 50.2 Å². The standard InChI is InChI=1S/C23H32N4O/c1-2-20(18-9-4-3-5-10-18)21-11-8-16-27(21)23(28)24-14-13-19-17-26-15-7-6-12-22(26)25-19/h3-5,9-10,17,20-21H,2,6-8,11-16H2,1H3,(H,24,28). The van der Waals surface area contributed by atoms with Crippen LogP contribution < -0.4 is 5.32 Å². The summed E-state index contributed by atoms with van der Waals surface area (Å²) in [4.78, 5) is 19.7. The Morgan fingerprint density at radius 3 is 2.86 bits per heavy atom. The van der Waals surface area contributed by atoms with Crippen molar-refractivity contribution in [1.82, 2.24) is 19.8 Å². The number of benzene rings is 1. The number of nitrogens with one attached hydrogen (secondary N) is 1. The van der Waals surface area contributed by atoms with Gasteiger partial charge in [0.05, 0.1) is 5.69 Å². The van der Waals surface area contributed by atoms with Crippen LogP contribution in [0.3, 0.4) is 0 Å². The molecule has 0 spiro atoms. The average Bonchev–Trinajstić information content (AvgIpc) is 3.36. The quantitative estimate of drug-likeness (QED) is 0.819. The molecule has 0 aliphatic carbocycles. The van der Waals surface area contributed by atoms with E-state index in [1.165, 1.54) is 24.2 Å². The number of aromatic nitrogens is 2. The predicted octanol–water partition coefficient (Wildman–Crippen LogP) is 4.13.